The van der Waals surface area contributed by atoms with Crippen LogP contribution in [0.2, 0.25) is 0 Å². The lowest BCUT2D eigenvalue weighted by atomic mass is 10.0. The molecule has 0 saturated heterocycles. The molecule has 1 aromatic carbocycles. The molecule has 17 heavy (non-hydrogen) atoms. The van der Waals surface area contributed by atoms with Gasteiger partial charge in [-0.25, -0.2) is 0 Å². The third-order valence-corrected chi connectivity index (χ3v) is 3.07. The van der Waals surface area contributed by atoms with E-state index in [1.165, 1.54) is 5.56 Å². The van der Waals surface area contributed by atoms with E-state index in [0.29, 0.717) is 18.7 Å². The number of aryl methyl sites for hydroxylation is 1. The lowest BCUT2D eigenvalue weighted by Crippen LogP contribution is -2.34. The van der Waals surface area contributed by atoms with Crippen LogP contribution in [0.15, 0.2) is 30.3 Å². The van der Waals surface area contributed by atoms with Crippen LogP contribution in [0.1, 0.15) is 38.7 Å². The van der Waals surface area contributed by atoms with Gasteiger partial charge in [-0.15, -0.1) is 0 Å². The van der Waals surface area contributed by atoms with Gasteiger partial charge in [0.15, 0.2) is 0 Å². The van der Waals surface area contributed by atoms with E-state index in [9.17, 15) is 0 Å². The molecule has 2 nitrogen and oxygen atoms in total. The van der Waals surface area contributed by atoms with Gasteiger partial charge in [0, 0.05) is 18.7 Å². The molecule has 0 aliphatic rings. The van der Waals surface area contributed by atoms with Crippen molar-refractivity contribution >= 4 is 0 Å². The summed E-state index contributed by atoms with van der Waals surface area (Å²) in [4.78, 5) is 0. The molecule has 1 rings (SSSR count). The van der Waals surface area contributed by atoms with Crippen molar-refractivity contribution < 1.29 is 5.11 Å². The Morgan fingerprint density at radius 2 is 1.71 bits per heavy atom. The van der Waals surface area contributed by atoms with Crippen LogP contribution < -0.4 is 5.32 Å². The monoisotopic (exact) mass is 235 g/mol. The molecule has 0 heterocycles. The summed E-state index contributed by atoms with van der Waals surface area (Å²) in [5, 5.41) is 12.3. The predicted molar refractivity (Wildman–Crippen MR) is 73.1 cm³/mol. The fraction of sp³-hybridized carbons (Fsp3) is 0.600. The second-order valence-corrected chi connectivity index (χ2v) is 4.86. The molecule has 2 N–H and O–H groups in total. The maximum Gasteiger partial charge on any atom is 0.0431 e. The van der Waals surface area contributed by atoms with Crippen molar-refractivity contribution in [2.24, 2.45) is 0 Å². The van der Waals surface area contributed by atoms with Crippen molar-refractivity contribution in [1.29, 1.82) is 0 Å². The first kappa shape index (κ1) is 14.2. The second kappa shape index (κ2) is 8.26. The zero-order valence-corrected chi connectivity index (χ0v) is 11.0. The molecule has 0 amide bonds. The predicted octanol–water partition coefficient (Wildman–Crippen LogP) is 2.76. The Hall–Kier alpha value is -0.860. The molecule has 2 heteroatoms. The van der Waals surface area contributed by atoms with Gasteiger partial charge < -0.3 is 10.4 Å². The SMILES string of the molecule is CC(CCCO)NC(C)CCc1ccccc1. The topological polar surface area (TPSA) is 32.3 Å². The van der Waals surface area contributed by atoms with Gasteiger partial charge in [-0.3, -0.25) is 0 Å². The number of nitrogens with one attached hydrogen (secondary N) is 1. The van der Waals surface area contributed by atoms with E-state index in [2.05, 4.69) is 49.5 Å². The molecule has 0 fully saturated rings. The van der Waals surface area contributed by atoms with Crippen LogP contribution in [0, 0.1) is 0 Å². The Bertz CT molecular complexity index is 286. The standard InChI is InChI=1S/C15H25NO/c1-13(7-6-12-17)16-14(2)10-11-15-8-4-3-5-9-15/h3-5,8-9,13-14,16-17H,6-7,10-12H2,1-2H3. The van der Waals surface area contributed by atoms with Crippen LogP contribution in [0.5, 0.6) is 0 Å². The van der Waals surface area contributed by atoms with E-state index in [1.807, 2.05) is 0 Å². The summed E-state index contributed by atoms with van der Waals surface area (Å²) in [6.45, 7) is 4.72. The Labute approximate surface area is 105 Å². The van der Waals surface area contributed by atoms with Crippen LogP contribution >= 0.6 is 0 Å². The Kier molecular flexibility index (Phi) is 6.90. The van der Waals surface area contributed by atoms with Crippen LogP contribution in [0.25, 0.3) is 0 Å². The number of hydrogen-bond acceptors (Lipinski definition) is 2. The molecular formula is C15H25NO. The first-order valence-electron chi connectivity index (χ1n) is 6.63. The molecule has 1 aromatic rings. The fourth-order valence-corrected chi connectivity index (χ4v) is 2.08. The first-order valence-corrected chi connectivity index (χ1v) is 6.63. The van der Waals surface area contributed by atoms with Crippen LogP contribution in [0.4, 0.5) is 0 Å². The summed E-state index contributed by atoms with van der Waals surface area (Å²) in [6, 6.07) is 11.6. The van der Waals surface area contributed by atoms with Crippen molar-refractivity contribution in [1.82, 2.24) is 5.32 Å². The second-order valence-electron chi connectivity index (χ2n) is 4.86. The molecule has 96 valence electrons. The van der Waals surface area contributed by atoms with Gasteiger partial charge in [-0.1, -0.05) is 30.3 Å². The number of hydrogen-bond donors (Lipinski definition) is 2. The highest BCUT2D eigenvalue weighted by Gasteiger charge is 2.06. The lowest BCUT2D eigenvalue weighted by molar-refractivity contribution is 0.273. The molecule has 2 unspecified atom stereocenters. The Morgan fingerprint density at radius 1 is 1.06 bits per heavy atom. The van der Waals surface area contributed by atoms with E-state index >= 15 is 0 Å². The average Bonchev–Trinajstić information content (AvgIpc) is 2.35. The third-order valence-electron chi connectivity index (χ3n) is 3.07. The highest BCUT2D eigenvalue weighted by molar-refractivity contribution is 5.14. The van der Waals surface area contributed by atoms with Crippen molar-refractivity contribution in [3.8, 4) is 0 Å². The molecule has 0 saturated carbocycles. The van der Waals surface area contributed by atoms with Crippen molar-refractivity contribution in [2.45, 2.75) is 51.6 Å². The van der Waals surface area contributed by atoms with Crippen LogP contribution in [-0.4, -0.2) is 23.8 Å². The van der Waals surface area contributed by atoms with E-state index < -0.39 is 0 Å². The van der Waals surface area contributed by atoms with E-state index in [4.69, 9.17) is 5.11 Å². The quantitative estimate of drug-likeness (QED) is 0.726. The van der Waals surface area contributed by atoms with Crippen molar-refractivity contribution in [3.63, 3.8) is 0 Å². The van der Waals surface area contributed by atoms with Gasteiger partial charge >= 0.3 is 0 Å². The molecule has 0 aromatic heterocycles. The summed E-state index contributed by atoms with van der Waals surface area (Å²) >= 11 is 0. The third kappa shape index (κ3) is 6.44. The molecule has 0 aliphatic carbocycles. The van der Waals surface area contributed by atoms with Crippen molar-refractivity contribution in [3.05, 3.63) is 35.9 Å². The van der Waals surface area contributed by atoms with Gasteiger partial charge in [-0.05, 0) is 45.1 Å². The number of rotatable bonds is 8. The highest BCUT2D eigenvalue weighted by atomic mass is 16.2. The molecular weight excluding hydrogens is 210 g/mol. The van der Waals surface area contributed by atoms with E-state index in [-0.39, 0.29) is 0 Å². The zero-order valence-electron chi connectivity index (χ0n) is 11.0. The van der Waals surface area contributed by atoms with Crippen LogP contribution in [-0.2, 0) is 6.42 Å². The molecule has 0 spiro atoms. The van der Waals surface area contributed by atoms with E-state index in [1.54, 1.807) is 0 Å². The van der Waals surface area contributed by atoms with Gasteiger partial charge in [0.1, 0.15) is 0 Å². The molecule has 2 atom stereocenters. The van der Waals surface area contributed by atoms with Crippen molar-refractivity contribution in [2.75, 3.05) is 6.61 Å². The van der Waals surface area contributed by atoms with E-state index in [0.717, 1.165) is 25.7 Å². The minimum Gasteiger partial charge on any atom is -0.396 e. The summed E-state index contributed by atoms with van der Waals surface area (Å²) in [6.07, 6.45) is 4.22. The summed E-state index contributed by atoms with van der Waals surface area (Å²) in [5.41, 5.74) is 1.41. The smallest absolute Gasteiger partial charge is 0.0431 e. The number of aliphatic hydroxyl groups excluding tert-OH is 1. The van der Waals surface area contributed by atoms with Gasteiger partial charge in [0.2, 0.25) is 0 Å². The molecule has 0 radical (unpaired) electrons. The fourth-order valence-electron chi connectivity index (χ4n) is 2.08. The Balaban J connectivity index is 2.19. The summed E-state index contributed by atoms with van der Waals surface area (Å²) in [5.74, 6) is 0. The largest absolute Gasteiger partial charge is 0.396 e. The highest BCUT2D eigenvalue weighted by Crippen LogP contribution is 2.06. The van der Waals surface area contributed by atoms with Gasteiger partial charge in [-0.2, -0.15) is 0 Å². The first-order chi connectivity index (χ1) is 8.22. The van der Waals surface area contributed by atoms with Gasteiger partial charge in [0.25, 0.3) is 0 Å². The minimum atomic E-state index is 0.296. The van der Waals surface area contributed by atoms with Crippen LogP contribution in [0.3, 0.4) is 0 Å². The minimum absolute atomic E-state index is 0.296. The number of aliphatic hydroxyl groups is 1. The van der Waals surface area contributed by atoms with Gasteiger partial charge in [0.05, 0.1) is 0 Å². The average molecular weight is 235 g/mol. The Morgan fingerprint density at radius 3 is 2.35 bits per heavy atom. The summed E-state index contributed by atoms with van der Waals surface area (Å²) in [7, 11) is 0. The molecule has 0 bridgehead atoms. The normalized spacial score (nSPS) is 14.5. The maximum absolute atomic E-state index is 8.77. The maximum atomic E-state index is 8.77. The molecule has 0 aliphatic heterocycles. The number of benzene rings is 1. The lowest BCUT2D eigenvalue weighted by Gasteiger charge is -2.19. The summed E-state index contributed by atoms with van der Waals surface area (Å²) < 4.78 is 0. The zero-order chi connectivity index (χ0) is 12.5.